The standard InChI is InChI=1S/C24H39N3O8S/c1-17(16-36-24(31)18(2)25-21(28)19-10-5-3-6-11-19)22(29)26-13-9-12-20(26)23(30)34-14-7-4-8-15-35-27(32)33/h17-20H,3-16H2,1-2H3,(H,25,28). The lowest BCUT2D eigenvalue weighted by Gasteiger charge is -2.26. The topological polar surface area (TPSA) is 145 Å². The molecule has 1 heterocycles. The number of thioether (sulfide) groups is 1. The minimum atomic E-state index is -0.836. The predicted molar refractivity (Wildman–Crippen MR) is 133 cm³/mol. The maximum Gasteiger partial charge on any atom is 0.328 e. The van der Waals surface area contributed by atoms with Crippen molar-refractivity contribution < 1.29 is 33.8 Å². The van der Waals surface area contributed by atoms with Crippen LogP contribution in [0.5, 0.6) is 0 Å². The molecule has 3 atom stereocenters. The molecular formula is C24H39N3O8S. The van der Waals surface area contributed by atoms with Crippen LogP contribution in [0.3, 0.4) is 0 Å². The molecule has 1 aliphatic heterocycles. The van der Waals surface area contributed by atoms with Crippen LogP contribution in [0.1, 0.15) is 78.1 Å². The van der Waals surface area contributed by atoms with Gasteiger partial charge in [-0.3, -0.25) is 14.4 Å². The van der Waals surface area contributed by atoms with Crippen molar-refractivity contribution in [1.82, 2.24) is 10.2 Å². The van der Waals surface area contributed by atoms with Gasteiger partial charge >= 0.3 is 5.97 Å². The number of esters is 1. The van der Waals surface area contributed by atoms with Gasteiger partial charge in [-0.15, -0.1) is 10.1 Å². The maximum absolute atomic E-state index is 13.0. The second-order valence-electron chi connectivity index (χ2n) is 9.57. The molecule has 2 rings (SSSR count). The first-order valence-corrected chi connectivity index (χ1v) is 13.9. The van der Waals surface area contributed by atoms with Gasteiger partial charge in [0.05, 0.1) is 19.3 Å². The van der Waals surface area contributed by atoms with Gasteiger partial charge in [-0.1, -0.05) is 37.9 Å². The first kappa shape index (κ1) is 29.9. The van der Waals surface area contributed by atoms with Gasteiger partial charge in [-0.25, -0.2) is 4.79 Å². The van der Waals surface area contributed by atoms with Crippen LogP contribution in [0.2, 0.25) is 0 Å². The third-order valence-corrected chi connectivity index (χ3v) is 7.93. The zero-order chi connectivity index (χ0) is 26.5. The summed E-state index contributed by atoms with van der Waals surface area (Å²) in [5.41, 5.74) is 0. The average molecular weight is 530 g/mol. The summed E-state index contributed by atoms with van der Waals surface area (Å²) in [6, 6.07) is -1.25. The molecule has 0 bridgehead atoms. The molecule has 0 aromatic carbocycles. The third-order valence-electron chi connectivity index (χ3n) is 6.62. The molecule has 204 valence electrons. The van der Waals surface area contributed by atoms with E-state index in [0.717, 1.165) is 43.9 Å². The van der Waals surface area contributed by atoms with Crippen molar-refractivity contribution in [1.29, 1.82) is 0 Å². The van der Waals surface area contributed by atoms with Crippen LogP contribution in [0, 0.1) is 22.0 Å². The predicted octanol–water partition coefficient (Wildman–Crippen LogP) is 2.88. The lowest BCUT2D eigenvalue weighted by Crippen LogP contribution is -2.44. The molecule has 2 aliphatic rings. The number of hydrogen-bond acceptors (Lipinski definition) is 9. The van der Waals surface area contributed by atoms with Gasteiger partial charge in [0.1, 0.15) is 6.04 Å². The summed E-state index contributed by atoms with van der Waals surface area (Å²) in [6.07, 6.45) is 7.87. The van der Waals surface area contributed by atoms with Gasteiger partial charge in [-0.2, -0.15) is 0 Å². The minimum Gasteiger partial charge on any atom is -0.464 e. The van der Waals surface area contributed by atoms with Crippen molar-refractivity contribution in [3.05, 3.63) is 10.1 Å². The molecule has 0 radical (unpaired) electrons. The molecule has 0 aromatic heterocycles. The van der Waals surface area contributed by atoms with Gasteiger partial charge in [0.15, 0.2) is 0 Å². The Bertz CT molecular complexity index is 774. The van der Waals surface area contributed by atoms with E-state index in [1.165, 1.54) is 4.90 Å². The Hall–Kier alpha value is -2.37. The van der Waals surface area contributed by atoms with E-state index in [2.05, 4.69) is 10.2 Å². The molecule has 1 saturated heterocycles. The van der Waals surface area contributed by atoms with Gasteiger partial charge in [-0.05, 0) is 51.9 Å². The Morgan fingerprint density at radius 2 is 1.72 bits per heavy atom. The van der Waals surface area contributed by atoms with E-state index in [4.69, 9.17) is 4.74 Å². The molecule has 12 heteroatoms. The molecule has 0 aromatic rings. The van der Waals surface area contributed by atoms with Crippen LogP contribution in [0.4, 0.5) is 0 Å². The summed E-state index contributed by atoms with van der Waals surface area (Å²) in [4.78, 5) is 66.3. The Morgan fingerprint density at radius 3 is 2.42 bits per heavy atom. The normalized spacial score (nSPS) is 19.8. The number of carbonyl (C=O) groups is 4. The highest BCUT2D eigenvalue weighted by molar-refractivity contribution is 8.13. The molecule has 1 N–H and O–H groups in total. The van der Waals surface area contributed by atoms with Crippen molar-refractivity contribution in [3.8, 4) is 0 Å². The summed E-state index contributed by atoms with van der Waals surface area (Å²) < 4.78 is 5.32. The van der Waals surface area contributed by atoms with E-state index >= 15 is 0 Å². The van der Waals surface area contributed by atoms with Crippen LogP contribution in [0.25, 0.3) is 0 Å². The van der Waals surface area contributed by atoms with Crippen molar-refractivity contribution >= 4 is 34.7 Å². The first-order chi connectivity index (χ1) is 17.2. The van der Waals surface area contributed by atoms with E-state index < -0.39 is 29.1 Å². The van der Waals surface area contributed by atoms with Crippen molar-refractivity contribution in [2.24, 2.45) is 11.8 Å². The summed E-state index contributed by atoms with van der Waals surface area (Å²) in [5, 5.41) is 11.9. The molecule has 1 aliphatic carbocycles. The number of amides is 2. The smallest absolute Gasteiger partial charge is 0.328 e. The number of nitrogens with zero attached hydrogens (tertiary/aromatic N) is 2. The molecule has 0 spiro atoms. The van der Waals surface area contributed by atoms with E-state index in [9.17, 15) is 29.3 Å². The van der Waals surface area contributed by atoms with E-state index in [1.54, 1.807) is 13.8 Å². The Balaban J connectivity index is 1.70. The number of hydrogen-bond donors (Lipinski definition) is 1. The molecule has 3 unspecified atom stereocenters. The van der Waals surface area contributed by atoms with E-state index in [1.807, 2.05) is 0 Å². The number of likely N-dealkylation sites (tertiary alicyclic amines) is 1. The zero-order valence-electron chi connectivity index (χ0n) is 21.3. The van der Waals surface area contributed by atoms with E-state index in [0.29, 0.717) is 38.6 Å². The fraction of sp³-hybridized carbons (Fsp3) is 0.833. The van der Waals surface area contributed by atoms with Crippen molar-refractivity contribution in [2.45, 2.75) is 90.1 Å². The van der Waals surface area contributed by atoms with Crippen LogP contribution >= 0.6 is 11.8 Å². The summed E-state index contributed by atoms with van der Waals surface area (Å²) in [6.45, 7) is 4.07. The number of carbonyl (C=O) groups excluding carboxylic acids is 4. The Labute approximate surface area is 216 Å². The molecule has 1 saturated carbocycles. The zero-order valence-corrected chi connectivity index (χ0v) is 22.1. The number of unbranched alkanes of at least 4 members (excludes halogenated alkanes) is 2. The van der Waals surface area contributed by atoms with Crippen molar-refractivity contribution in [3.63, 3.8) is 0 Å². The highest BCUT2D eigenvalue weighted by Crippen LogP contribution is 2.25. The van der Waals surface area contributed by atoms with Gasteiger partial charge in [0, 0.05) is 24.1 Å². The van der Waals surface area contributed by atoms with Crippen LogP contribution < -0.4 is 5.32 Å². The second kappa shape index (κ2) is 15.7. The summed E-state index contributed by atoms with van der Waals surface area (Å²) >= 11 is 1.03. The molecular weight excluding hydrogens is 490 g/mol. The van der Waals surface area contributed by atoms with Gasteiger partial charge in [0.25, 0.3) is 5.09 Å². The molecule has 36 heavy (non-hydrogen) atoms. The monoisotopic (exact) mass is 529 g/mol. The fourth-order valence-corrected chi connectivity index (χ4v) is 5.37. The van der Waals surface area contributed by atoms with Crippen LogP contribution in [-0.2, 0) is 28.8 Å². The van der Waals surface area contributed by atoms with Gasteiger partial charge < -0.3 is 19.8 Å². The Kier molecular flexibility index (Phi) is 13.0. The fourth-order valence-electron chi connectivity index (χ4n) is 4.51. The SMILES string of the molecule is CC(CSC(=O)C(C)NC(=O)C1CCCCC1)C(=O)N1CCCC1C(=O)OCCCCCO[N+](=O)[O-]. The van der Waals surface area contributed by atoms with Crippen molar-refractivity contribution in [2.75, 3.05) is 25.5 Å². The number of ether oxygens (including phenoxy) is 1. The third kappa shape index (κ3) is 9.94. The first-order valence-electron chi connectivity index (χ1n) is 12.9. The number of rotatable bonds is 14. The lowest BCUT2D eigenvalue weighted by atomic mass is 9.88. The van der Waals surface area contributed by atoms with Crippen LogP contribution in [-0.4, -0.2) is 70.5 Å². The lowest BCUT2D eigenvalue weighted by molar-refractivity contribution is -0.757. The number of nitrogens with one attached hydrogen (secondary N) is 1. The molecule has 11 nitrogen and oxygen atoms in total. The molecule has 2 fully saturated rings. The second-order valence-corrected chi connectivity index (χ2v) is 10.6. The maximum atomic E-state index is 13.0. The average Bonchev–Trinajstić information content (AvgIpc) is 3.36. The molecule has 2 amide bonds. The minimum absolute atomic E-state index is 0.00984. The quantitative estimate of drug-likeness (QED) is 0.155. The largest absolute Gasteiger partial charge is 0.464 e. The highest BCUT2D eigenvalue weighted by Gasteiger charge is 2.37. The van der Waals surface area contributed by atoms with E-state index in [-0.39, 0.29) is 41.8 Å². The van der Waals surface area contributed by atoms with Crippen LogP contribution in [0.15, 0.2) is 0 Å². The highest BCUT2D eigenvalue weighted by atomic mass is 32.2. The summed E-state index contributed by atoms with van der Waals surface area (Å²) in [5.74, 6) is -0.915. The Morgan fingerprint density at radius 1 is 1.03 bits per heavy atom. The van der Waals surface area contributed by atoms with Gasteiger partial charge in [0.2, 0.25) is 16.9 Å². The summed E-state index contributed by atoms with van der Waals surface area (Å²) in [7, 11) is 0.